The first-order valence-corrected chi connectivity index (χ1v) is 13.5. The Bertz CT molecular complexity index is 1670. The zero-order valence-corrected chi connectivity index (χ0v) is 19.4. The number of aromatic hydroxyl groups is 1. The Labute approximate surface area is 195 Å². The van der Waals surface area contributed by atoms with Crippen LogP contribution in [0, 0.1) is 6.92 Å². The molecule has 0 saturated heterocycles. The van der Waals surface area contributed by atoms with Crippen molar-refractivity contribution in [1.29, 1.82) is 0 Å². The fourth-order valence-corrected chi connectivity index (χ4v) is 9.44. The van der Waals surface area contributed by atoms with Crippen molar-refractivity contribution in [1.82, 2.24) is 0 Å². The number of sulfonamides is 1. The van der Waals surface area contributed by atoms with Crippen LogP contribution in [-0.2, 0) is 14.8 Å². The minimum atomic E-state index is -3.88. The third-order valence-corrected chi connectivity index (χ3v) is 11.0. The Kier molecular flexibility index (Phi) is 3.16. The molecule has 6 aliphatic rings. The average Bonchev–Trinajstić information content (AvgIpc) is 3.32. The molecule has 5 aliphatic heterocycles. The summed E-state index contributed by atoms with van der Waals surface area (Å²) >= 11 is 1.86. The normalized spacial score (nSPS) is 29.1. The smallest absolute Gasteiger partial charge is 0.400 e. The number of thioether (sulfide) groups is 1. The molecular formula is C25H20N3O3S2+. The number of anilines is 1. The van der Waals surface area contributed by atoms with Crippen molar-refractivity contribution in [2.45, 2.75) is 40.8 Å². The van der Waals surface area contributed by atoms with Crippen LogP contribution in [0.15, 0.2) is 58.0 Å². The average molecular weight is 475 g/mol. The minimum absolute atomic E-state index is 0.0140. The van der Waals surface area contributed by atoms with Gasteiger partial charge in [-0.15, -0.1) is 11.8 Å². The molecule has 0 amide bonds. The van der Waals surface area contributed by atoms with E-state index in [0.717, 1.165) is 47.0 Å². The molecule has 0 saturated carbocycles. The largest absolute Gasteiger partial charge is 0.501 e. The number of hydrogen-bond donors (Lipinski definition) is 1. The fraction of sp³-hybridized carbons (Fsp3) is 0.280. The van der Waals surface area contributed by atoms with Crippen molar-refractivity contribution in [2.75, 3.05) is 11.4 Å². The number of rotatable bonds is 2. The van der Waals surface area contributed by atoms with Gasteiger partial charge < -0.3 is 10.0 Å². The lowest BCUT2D eigenvalue weighted by Crippen LogP contribution is -2.54. The molecule has 0 unspecified atom stereocenters. The molecule has 3 atom stereocenters. The molecule has 2 aromatic rings. The second kappa shape index (κ2) is 5.62. The van der Waals surface area contributed by atoms with Crippen LogP contribution in [0.1, 0.15) is 24.0 Å². The highest BCUT2D eigenvalue weighted by molar-refractivity contribution is 8.01. The monoisotopic (exact) mass is 474 g/mol. The molecule has 2 aromatic carbocycles. The maximum absolute atomic E-state index is 13.7. The number of fused-ring (bicyclic) bond motifs is 3. The van der Waals surface area contributed by atoms with Crippen LogP contribution in [0.5, 0.6) is 5.75 Å². The standard InChI is InChI=1S/C25H19N3O3S2/c1-13-2-6-17(7-3-13)33(30,31)28-12-14-8-9-27-16-5-4-15-10-18-26-21-20(25(15,11-16)32-18)22(27)19(14)23(28)24(21)29/h2-7,10,12,16,18H,8-9,11H2,1H3/p+1/t16-,18-,25+/m0/s1. The van der Waals surface area contributed by atoms with Gasteiger partial charge in [-0.25, -0.2) is 0 Å². The van der Waals surface area contributed by atoms with Gasteiger partial charge in [0.1, 0.15) is 15.6 Å². The first-order chi connectivity index (χ1) is 15.9. The van der Waals surface area contributed by atoms with Gasteiger partial charge in [-0.1, -0.05) is 33.8 Å². The van der Waals surface area contributed by atoms with Crippen molar-refractivity contribution >= 4 is 44.9 Å². The summed E-state index contributed by atoms with van der Waals surface area (Å²) in [7, 11) is -3.88. The van der Waals surface area contributed by atoms with Crippen LogP contribution >= 0.6 is 11.8 Å². The summed E-state index contributed by atoms with van der Waals surface area (Å²) in [6.07, 6.45) is 10.1. The summed E-state index contributed by atoms with van der Waals surface area (Å²) in [6.45, 7) is 2.76. The van der Waals surface area contributed by atoms with Crippen molar-refractivity contribution in [3.8, 4) is 5.75 Å². The topological polar surface area (TPSA) is 73.0 Å². The quantitative estimate of drug-likeness (QED) is 0.677. The van der Waals surface area contributed by atoms with Crippen LogP contribution < -0.4 is 15.5 Å². The molecule has 1 N–H and O–H groups in total. The van der Waals surface area contributed by atoms with Gasteiger partial charge in [-0.3, -0.25) is 4.99 Å². The van der Waals surface area contributed by atoms with Gasteiger partial charge in [0.25, 0.3) is 5.69 Å². The highest BCUT2D eigenvalue weighted by Gasteiger charge is 2.57. The summed E-state index contributed by atoms with van der Waals surface area (Å²) in [4.78, 5) is 7.53. The van der Waals surface area contributed by atoms with Crippen LogP contribution in [0.4, 0.5) is 11.4 Å². The van der Waals surface area contributed by atoms with Crippen molar-refractivity contribution in [2.24, 2.45) is 4.99 Å². The van der Waals surface area contributed by atoms with E-state index >= 15 is 0 Å². The van der Waals surface area contributed by atoms with Gasteiger partial charge in [0.05, 0.1) is 15.7 Å². The van der Waals surface area contributed by atoms with E-state index < -0.39 is 10.0 Å². The van der Waals surface area contributed by atoms with E-state index in [-0.39, 0.29) is 26.8 Å². The number of aryl methyl sites for hydroxylation is 1. The Hall–Kier alpha value is -2.84. The number of hydrogen-bond acceptors (Lipinski definition) is 6. The maximum Gasteiger partial charge on any atom is 0.400 e. The van der Waals surface area contributed by atoms with Crippen LogP contribution in [-0.4, -0.2) is 41.7 Å². The molecule has 33 heavy (non-hydrogen) atoms. The maximum atomic E-state index is 13.7. The fourth-order valence-electron chi connectivity index (χ4n) is 6.41. The second-order valence-electron chi connectivity index (χ2n) is 9.57. The predicted molar refractivity (Wildman–Crippen MR) is 127 cm³/mol. The summed E-state index contributed by atoms with van der Waals surface area (Å²) in [5.41, 5.74) is 5.74. The molecule has 8 heteroatoms. The summed E-state index contributed by atoms with van der Waals surface area (Å²) < 4.78 is 28.6. The SMILES string of the molecule is Cc1ccc(S(=O)(=O)[N+]2=CC3=c4c5c6c(c(O)c42)=N[C@@H]2C=C4C=C[C@@H](C[C@@]46S2)N5CC3)cc1. The number of phenolic OH excluding ortho intramolecular Hbond substituents is 1. The summed E-state index contributed by atoms with van der Waals surface area (Å²) in [5, 5.41) is 13.0. The van der Waals surface area contributed by atoms with Gasteiger partial charge in [0, 0.05) is 23.7 Å². The molecule has 5 heterocycles. The first kappa shape index (κ1) is 18.6. The molecule has 0 radical (unpaired) electrons. The second-order valence-corrected chi connectivity index (χ2v) is 12.8. The number of allylic oxidation sites excluding steroid dienone is 1. The Morgan fingerprint density at radius 1 is 1.27 bits per heavy atom. The number of benzene rings is 2. The van der Waals surface area contributed by atoms with Gasteiger partial charge >= 0.3 is 10.0 Å². The van der Waals surface area contributed by atoms with E-state index in [9.17, 15) is 13.5 Å². The van der Waals surface area contributed by atoms with Gasteiger partial charge in [-0.05, 0) is 43.5 Å². The Morgan fingerprint density at radius 2 is 2.09 bits per heavy atom. The van der Waals surface area contributed by atoms with Gasteiger partial charge in [0.15, 0.2) is 6.21 Å². The molecule has 0 fully saturated rings. The van der Waals surface area contributed by atoms with E-state index in [1.54, 1.807) is 30.5 Å². The lowest BCUT2D eigenvalue weighted by Gasteiger charge is -2.50. The van der Waals surface area contributed by atoms with Gasteiger partial charge in [0.2, 0.25) is 5.75 Å². The lowest BCUT2D eigenvalue weighted by molar-refractivity contribution is -0.253. The molecule has 8 rings (SSSR count). The lowest BCUT2D eigenvalue weighted by atomic mass is 9.74. The summed E-state index contributed by atoms with van der Waals surface area (Å²) in [6, 6.07) is 7.13. The number of nitrogens with zero attached hydrogens (tertiary/aromatic N) is 3. The van der Waals surface area contributed by atoms with E-state index in [2.05, 4.69) is 23.1 Å². The predicted octanol–water partition coefficient (Wildman–Crippen LogP) is 2.35. The van der Waals surface area contributed by atoms with E-state index in [4.69, 9.17) is 4.99 Å². The Morgan fingerprint density at radius 3 is 2.91 bits per heavy atom. The third-order valence-electron chi connectivity index (χ3n) is 7.86. The summed E-state index contributed by atoms with van der Waals surface area (Å²) in [5.74, 6) is -0.0140. The zero-order valence-electron chi connectivity index (χ0n) is 17.8. The van der Waals surface area contributed by atoms with E-state index in [1.807, 2.05) is 18.7 Å². The van der Waals surface area contributed by atoms with E-state index in [0.29, 0.717) is 11.0 Å². The number of phenols is 1. The van der Waals surface area contributed by atoms with Crippen molar-refractivity contribution in [3.05, 3.63) is 69.8 Å². The molecule has 0 aromatic heterocycles. The van der Waals surface area contributed by atoms with E-state index in [1.165, 1.54) is 9.55 Å². The molecular weight excluding hydrogens is 454 g/mol. The van der Waals surface area contributed by atoms with Crippen molar-refractivity contribution in [3.63, 3.8) is 0 Å². The first-order valence-electron chi connectivity index (χ1n) is 11.2. The molecule has 6 nitrogen and oxygen atoms in total. The van der Waals surface area contributed by atoms with Crippen LogP contribution in [0.25, 0.3) is 5.57 Å². The molecule has 1 spiro atoms. The molecule has 3 bridgehead atoms. The Balaban J connectivity index is 1.47. The van der Waals surface area contributed by atoms with Crippen molar-refractivity contribution < 1.29 is 17.5 Å². The van der Waals surface area contributed by atoms with Crippen LogP contribution in [0.3, 0.4) is 0 Å². The highest BCUT2D eigenvalue weighted by atomic mass is 32.2. The van der Waals surface area contributed by atoms with Gasteiger partial charge in [-0.2, -0.15) is 8.42 Å². The van der Waals surface area contributed by atoms with Crippen LogP contribution in [0.2, 0.25) is 0 Å². The molecule has 164 valence electrons. The minimum Gasteiger partial charge on any atom is -0.501 e. The highest BCUT2D eigenvalue weighted by Crippen LogP contribution is 2.62. The molecule has 1 aliphatic carbocycles. The third kappa shape index (κ3) is 2.02. The zero-order chi connectivity index (χ0) is 22.3.